The molecule has 21 heavy (non-hydrogen) atoms. The van der Waals surface area contributed by atoms with Crippen LogP contribution in [0.25, 0.3) is 10.6 Å². The number of halogens is 4. The van der Waals surface area contributed by atoms with Crippen molar-refractivity contribution >= 4 is 11.3 Å². The molecule has 0 saturated carbocycles. The Kier molecular flexibility index (Phi) is 4.63. The number of hydrogen-bond donors (Lipinski definition) is 1. The first-order valence-electron chi connectivity index (χ1n) is 6.37. The summed E-state index contributed by atoms with van der Waals surface area (Å²) in [4.78, 5) is 5.07. The minimum absolute atomic E-state index is 0.0836. The number of aryl methyl sites for hydroxylation is 1. The Labute approximate surface area is 123 Å². The summed E-state index contributed by atoms with van der Waals surface area (Å²) in [5.41, 5.74) is -0.389. The van der Waals surface area contributed by atoms with Crippen LogP contribution in [0.4, 0.5) is 17.6 Å². The van der Waals surface area contributed by atoms with Crippen LogP contribution in [0.3, 0.4) is 0 Å². The average molecular weight is 318 g/mol. The Hall–Kier alpha value is -1.47. The summed E-state index contributed by atoms with van der Waals surface area (Å²) >= 11 is 1.19. The second-order valence-corrected chi connectivity index (χ2v) is 5.58. The molecule has 1 N–H and O–H groups in total. The molecule has 1 heterocycles. The van der Waals surface area contributed by atoms with E-state index in [1.54, 1.807) is 6.92 Å². The Balaban J connectivity index is 2.47. The zero-order valence-corrected chi connectivity index (χ0v) is 12.3. The van der Waals surface area contributed by atoms with E-state index in [0.717, 1.165) is 23.6 Å². The minimum atomic E-state index is -4.61. The number of aromatic nitrogens is 1. The van der Waals surface area contributed by atoms with Crippen molar-refractivity contribution in [2.75, 3.05) is 6.54 Å². The molecule has 114 valence electrons. The Morgan fingerprint density at radius 2 is 2.00 bits per heavy atom. The summed E-state index contributed by atoms with van der Waals surface area (Å²) in [6.45, 7) is 5.02. The van der Waals surface area contributed by atoms with Gasteiger partial charge in [-0.05, 0) is 31.7 Å². The lowest BCUT2D eigenvalue weighted by Crippen LogP contribution is -2.11. The molecule has 1 aromatic carbocycles. The highest BCUT2D eigenvalue weighted by Crippen LogP contribution is 2.39. The van der Waals surface area contributed by atoms with Crippen LogP contribution < -0.4 is 5.32 Å². The van der Waals surface area contributed by atoms with Crippen molar-refractivity contribution in [3.63, 3.8) is 0 Å². The highest BCUT2D eigenvalue weighted by molar-refractivity contribution is 7.15. The molecule has 0 amide bonds. The molecule has 2 nitrogen and oxygen atoms in total. The third-order valence-electron chi connectivity index (χ3n) is 2.95. The number of alkyl halides is 3. The first kappa shape index (κ1) is 15.9. The Morgan fingerprint density at radius 3 is 2.62 bits per heavy atom. The van der Waals surface area contributed by atoms with Crippen LogP contribution in [-0.2, 0) is 12.7 Å². The third kappa shape index (κ3) is 3.59. The fraction of sp³-hybridized carbons (Fsp3) is 0.357. The summed E-state index contributed by atoms with van der Waals surface area (Å²) in [7, 11) is 0. The lowest BCUT2D eigenvalue weighted by Gasteiger charge is -2.11. The topological polar surface area (TPSA) is 24.9 Å². The van der Waals surface area contributed by atoms with Crippen LogP contribution in [0.15, 0.2) is 18.2 Å². The molecule has 2 aromatic rings. The molecule has 0 radical (unpaired) electrons. The summed E-state index contributed by atoms with van der Waals surface area (Å²) in [5.74, 6) is -0.910. The van der Waals surface area contributed by atoms with Crippen molar-refractivity contribution in [3.8, 4) is 10.6 Å². The smallest absolute Gasteiger partial charge is 0.312 e. The van der Waals surface area contributed by atoms with Crippen LogP contribution in [-0.4, -0.2) is 11.5 Å². The van der Waals surface area contributed by atoms with Crippen molar-refractivity contribution in [2.24, 2.45) is 0 Å². The summed E-state index contributed by atoms with van der Waals surface area (Å²) < 4.78 is 52.2. The maximum Gasteiger partial charge on any atom is 0.417 e. The maximum atomic E-state index is 13.1. The molecule has 2 rings (SSSR count). The van der Waals surface area contributed by atoms with Crippen molar-refractivity contribution < 1.29 is 17.6 Å². The molecule has 7 heteroatoms. The van der Waals surface area contributed by atoms with Crippen molar-refractivity contribution in [2.45, 2.75) is 26.6 Å². The molecule has 0 bridgehead atoms. The van der Waals surface area contributed by atoms with Crippen LogP contribution in [0.2, 0.25) is 0 Å². The van der Waals surface area contributed by atoms with Crippen molar-refractivity contribution in [1.29, 1.82) is 0 Å². The first-order chi connectivity index (χ1) is 9.82. The highest BCUT2D eigenvalue weighted by atomic mass is 32.1. The molecular weight excluding hydrogens is 304 g/mol. The zero-order chi connectivity index (χ0) is 15.6. The molecule has 1 aromatic heterocycles. The van der Waals surface area contributed by atoms with E-state index in [1.807, 2.05) is 6.92 Å². The highest BCUT2D eigenvalue weighted by Gasteiger charge is 2.35. The predicted molar refractivity (Wildman–Crippen MR) is 74.6 cm³/mol. The van der Waals surface area contributed by atoms with Gasteiger partial charge in [-0.25, -0.2) is 9.37 Å². The molecular formula is C14H14F4N2S. The van der Waals surface area contributed by atoms with Gasteiger partial charge in [-0.3, -0.25) is 0 Å². The van der Waals surface area contributed by atoms with Gasteiger partial charge in [-0.15, -0.1) is 11.3 Å². The summed E-state index contributed by atoms with van der Waals surface area (Å²) in [5, 5.41) is 3.37. The van der Waals surface area contributed by atoms with Crippen LogP contribution in [0.1, 0.15) is 23.1 Å². The van der Waals surface area contributed by atoms with Crippen molar-refractivity contribution in [3.05, 3.63) is 40.2 Å². The van der Waals surface area contributed by atoms with Gasteiger partial charge in [0.15, 0.2) is 0 Å². The molecule has 0 aliphatic heterocycles. The number of hydrogen-bond acceptors (Lipinski definition) is 3. The summed E-state index contributed by atoms with van der Waals surface area (Å²) in [6.07, 6.45) is -4.61. The Bertz CT molecular complexity index is 634. The third-order valence-corrected chi connectivity index (χ3v) is 4.14. The number of rotatable bonds is 4. The van der Waals surface area contributed by atoms with Gasteiger partial charge in [0.25, 0.3) is 0 Å². The van der Waals surface area contributed by atoms with Crippen LogP contribution >= 0.6 is 11.3 Å². The fourth-order valence-electron chi connectivity index (χ4n) is 1.88. The molecule has 0 unspecified atom stereocenters. The molecule has 0 fully saturated rings. The van der Waals surface area contributed by atoms with E-state index in [2.05, 4.69) is 10.3 Å². The zero-order valence-electron chi connectivity index (χ0n) is 11.5. The monoisotopic (exact) mass is 318 g/mol. The van der Waals surface area contributed by atoms with Gasteiger partial charge in [0.05, 0.1) is 11.3 Å². The van der Waals surface area contributed by atoms with E-state index in [0.29, 0.717) is 18.3 Å². The Morgan fingerprint density at radius 1 is 1.29 bits per heavy atom. The molecule has 0 saturated heterocycles. The minimum Gasteiger partial charge on any atom is -0.312 e. The lowest BCUT2D eigenvalue weighted by atomic mass is 10.1. The van der Waals surface area contributed by atoms with Crippen LogP contribution in [0.5, 0.6) is 0 Å². The van der Waals surface area contributed by atoms with Gasteiger partial charge < -0.3 is 5.32 Å². The van der Waals surface area contributed by atoms with E-state index in [4.69, 9.17) is 0 Å². The van der Waals surface area contributed by atoms with Crippen LogP contribution in [0, 0.1) is 12.7 Å². The number of nitrogens with zero attached hydrogens (tertiary/aromatic N) is 1. The molecule has 0 atom stereocenters. The molecule has 0 aliphatic carbocycles. The van der Waals surface area contributed by atoms with E-state index in [-0.39, 0.29) is 10.6 Å². The van der Waals surface area contributed by atoms with Gasteiger partial charge in [-0.1, -0.05) is 6.92 Å². The average Bonchev–Trinajstić information content (AvgIpc) is 2.76. The standard InChI is InChI=1S/C14H14F4N2S/c1-3-19-7-12-8(2)20-13(21-12)10-5-4-9(15)6-11(10)14(16,17)18/h4-6,19H,3,7H2,1-2H3. The van der Waals surface area contributed by atoms with Gasteiger partial charge in [0.1, 0.15) is 10.8 Å². The van der Waals surface area contributed by atoms with Gasteiger partial charge >= 0.3 is 6.18 Å². The largest absolute Gasteiger partial charge is 0.417 e. The predicted octanol–water partition coefficient (Wildman–Crippen LogP) is 4.39. The lowest BCUT2D eigenvalue weighted by molar-refractivity contribution is -0.137. The van der Waals surface area contributed by atoms with Crippen molar-refractivity contribution in [1.82, 2.24) is 10.3 Å². The number of nitrogens with one attached hydrogen (secondary N) is 1. The number of benzene rings is 1. The quantitative estimate of drug-likeness (QED) is 0.846. The van der Waals surface area contributed by atoms with Gasteiger partial charge in [0, 0.05) is 17.0 Å². The van der Waals surface area contributed by atoms with Gasteiger partial charge in [-0.2, -0.15) is 13.2 Å². The van der Waals surface area contributed by atoms with E-state index in [9.17, 15) is 17.6 Å². The van der Waals surface area contributed by atoms with Gasteiger partial charge in [0.2, 0.25) is 0 Å². The number of thiazole rings is 1. The first-order valence-corrected chi connectivity index (χ1v) is 7.18. The second kappa shape index (κ2) is 6.11. The normalized spacial score (nSPS) is 11.9. The summed E-state index contributed by atoms with van der Waals surface area (Å²) in [6, 6.07) is 2.66. The SMILES string of the molecule is CCNCc1sc(-c2ccc(F)cc2C(F)(F)F)nc1C. The van der Waals surface area contributed by atoms with E-state index >= 15 is 0 Å². The molecule has 0 spiro atoms. The fourth-order valence-corrected chi connectivity index (χ4v) is 2.95. The molecule has 0 aliphatic rings. The second-order valence-electron chi connectivity index (χ2n) is 4.50. The maximum absolute atomic E-state index is 13.1. The van der Waals surface area contributed by atoms with E-state index in [1.165, 1.54) is 11.3 Å². The van der Waals surface area contributed by atoms with E-state index < -0.39 is 17.6 Å².